The van der Waals surface area contributed by atoms with Crippen LogP contribution in [0.1, 0.15) is 11.1 Å². The second-order valence-corrected chi connectivity index (χ2v) is 7.57. The van der Waals surface area contributed by atoms with Crippen LogP contribution in [0.3, 0.4) is 0 Å². The Hall–Kier alpha value is -3.74. The number of urea groups is 1. The van der Waals surface area contributed by atoms with Gasteiger partial charge in [-0.15, -0.1) is 0 Å². The first-order valence-electron chi connectivity index (χ1n) is 10.1. The highest BCUT2D eigenvalue weighted by Crippen LogP contribution is 2.39. The van der Waals surface area contributed by atoms with E-state index < -0.39 is 48.1 Å². The van der Waals surface area contributed by atoms with Gasteiger partial charge in [0.25, 0.3) is 0 Å². The van der Waals surface area contributed by atoms with Crippen molar-refractivity contribution in [3.63, 3.8) is 0 Å². The molecule has 34 heavy (non-hydrogen) atoms. The Morgan fingerprint density at radius 3 is 2.47 bits per heavy atom. The highest BCUT2D eigenvalue weighted by molar-refractivity contribution is 6.02. The third-order valence-corrected chi connectivity index (χ3v) is 5.29. The van der Waals surface area contributed by atoms with E-state index in [9.17, 15) is 33.3 Å². The Bertz CT molecular complexity index is 1240. The number of fused-ring (bicyclic) bond motifs is 1. The molecule has 1 atom stereocenters. The third kappa shape index (κ3) is 4.25. The molecule has 5 N–H and O–H groups in total. The zero-order valence-corrected chi connectivity index (χ0v) is 17.8. The lowest BCUT2D eigenvalue weighted by atomic mass is 10.00. The van der Waals surface area contributed by atoms with E-state index in [1.54, 1.807) is 6.92 Å². The number of rotatable bonds is 6. The Kier molecular flexibility index (Phi) is 6.37. The van der Waals surface area contributed by atoms with Crippen molar-refractivity contribution >= 4 is 23.5 Å². The molecule has 0 radical (unpaired) electrons. The van der Waals surface area contributed by atoms with E-state index in [-0.39, 0.29) is 29.6 Å². The molecule has 1 aromatic heterocycles. The van der Waals surface area contributed by atoms with Gasteiger partial charge in [0.15, 0.2) is 12.1 Å². The number of nitrogens with one attached hydrogen (secondary N) is 2. The minimum absolute atomic E-state index is 0.0980. The molecule has 1 aliphatic heterocycles. The minimum atomic E-state index is -2.00. The number of aliphatic hydroxyl groups is 3. The Balaban J connectivity index is 1.98. The number of hydrogen-bond acceptors (Lipinski definition) is 7. The lowest BCUT2D eigenvalue weighted by molar-refractivity contribution is -0.0628. The summed E-state index contributed by atoms with van der Waals surface area (Å²) < 4.78 is 43.0. The third-order valence-electron chi connectivity index (χ3n) is 5.29. The van der Waals surface area contributed by atoms with Crippen molar-refractivity contribution in [1.29, 1.82) is 0 Å². The predicted molar refractivity (Wildman–Crippen MR) is 116 cm³/mol. The zero-order chi connectivity index (χ0) is 24.6. The van der Waals surface area contributed by atoms with Crippen LogP contribution in [0.15, 0.2) is 36.4 Å². The van der Waals surface area contributed by atoms with Crippen molar-refractivity contribution in [3.8, 4) is 11.3 Å². The second kappa shape index (κ2) is 9.25. The summed E-state index contributed by atoms with van der Waals surface area (Å²) in [6, 6.07) is 4.86. The summed E-state index contributed by atoms with van der Waals surface area (Å²) in [6.07, 6.45) is -2.00. The first-order chi connectivity index (χ1) is 16.2. The Morgan fingerprint density at radius 1 is 1.15 bits per heavy atom. The lowest BCUT2D eigenvalue weighted by Gasteiger charge is -2.31. The molecule has 0 spiro atoms. The number of aromatic nitrogens is 2. The maximum Gasteiger partial charge on any atom is 0.328 e. The summed E-state index contributed by atoms with van der Waals surface area (Å²) in [7, 11) is 0. The van der Waals surface area contributed by atoms with Gasteiger partial charge in [-0.1, -0.05) is 6.07 Å². The number of halogens is 3. The maximum absolute atomic E-state index is 14.6. The lowest BCUT2D eigenvalue weighted by Crippen LogP contribution is -2.43. The summed E-state index contributed by atoms with van der Waals surface area (Å²) >= 11 is 0. The predicted octanol–water partition coefficient (Wildman–Crippen LogP) is 2.31. The zero-order valence-electron chi connectivity index (χ0n) is 17.8. The van der Waals surface area contributed by atoms with Gasteiger partial charge in [-0.3, -0.25) is 0 Å². The smallest absolute Gasteiger partial charge is 0.328 e. The topological polar surface area (TPSA) is 131 Å². The average Bonchev–Trinajstić information content (AvgIpc) is 2.78. The number of para-hydroxylation sites is 1. The van der Waals surface area contributed by atoms with E-state index >= 15 is 0 Å². The molecule has 9 nitrogen and oxygen atoms in total. The largest absolute Gasteiger partial charge is 0.394 e. The molecule has 0 saturated carbocycles. The van der Waals surface area contributed by atoms with Crippen LogP contribution < -0.4 is 15.5 Å². The van der Waals surface area contributed by atoms with Crippen LogP contribution in [-0.4, -0.2) is 50.3 Å². The number of amides is 2. The van der Waals surface area contributed by atoms with Gasteiger partial charge in [-0.05, 0) is 42.8 Å². The van der Waals surface area contributed by atoms with Crippen molar-refractivity contribution in [2.45, 2.75) is 25.8 Å². The quantitative estimate of drug-likeness (QED) is 0.346. The Morgan fingerprint density at radius 2 is 1.85 bits per heavy atom. The fourth-order valence-corrected chi connectivity index (χ4v) is 3.63. The summed E-state index contributed by atoms with van der Waals surface area (Å²) in [5, 5.41) is 33.5. The molecular formula is C22H20F3N5O4. The SMILES string of the molecule is Cc1cc(F)ccc1-c1nc(NC(CO)C(O)O)nc2c1CNC(=O)N2c1c(F)cccc1F. The van der Waals surface area contributed by atoms with E-state index in [2.05, 4.69) is 20.6 Å². The van der Waals surface area contributed by atoms with Crippen molar-refractivity contribution in [3.05, 3.63) is 65.0 Å². The standard InChI is InChI=1S/C22H20F3N5O4/c1-10-7-11(23)5-6-12(10)17-13-8-26-22(34)30(18-14(24)3-2-4-15(18)25)19(13)29-21(28-17)27-16(9-31)20(32)33/h2-7,16,20,31-33H,8-9H2,1H3,(H,26,34)(H,27,28,29). The number of aliphatic hydroxyl groups excluding tert-OH is 2. The number of benzene rings is 2. The van der Waals surface area contributed by atoms with E-state index in [0.29, 0.717) is 16.0 Å². The second-order valence-electron chi connectivity index (χ2n) is 7.57. The maximum atomic E-state index is 14.6. The molecular weight excluding hydrogens is 455 g/mol. The van der Waals surface area contributed by atoms with Crippen LogP contribution >= 0.6 is 0 Å². The van der Waals surface area contributed by atoms with E-state index in [1.165, 1.54) is 18.2 Å². The summed E-state index contributed by atoms with van der Waals surface area (Å²) in [6.45, 7) is 0.818. The fourth-order valence-electron chi connectivity index (χ4n) is 3.63. The van der Waals surface area contributed by atoms with Crippen LogP contribution in [0.5, 0.6) is 0 Å². The van der Waals surface area contributed by atoms with E-state index in [4.69, 9.17) is 0 Å². The van der Waals surface area contributed by atoms with Crippen LogP contribution in [0.2, 0.25) is 0 Å². The first kappa shape index (κ1) is 23.4. The van der Waals surface area contributed by atoms with E-state index in [1.807, 2.05) is 0 Å². The molecule has 0 fully saturated rings. The normalized spacial score (nSPS) is 14.1. The number of carbonyl (C=O) groups excluding carboxylic acids is 1. The molecule has 3 aromatic rings. The first-order valence-corrected chi connectivity index (χ1v) is 10.1. The van der Waals surface area contributed by atoms with Gasteiger partial charge in [0.05, 0.1) is 18.8 Å². The summed E-state index contributed by atoms with van der Waals surface area (Å²) in [5.74, 6) is -2.96. The van der Waals surface area contributed by atoms with Crippen molar-refractivity contribution in [2.75, 3.05) is 16.8 Å². The number of nitrogens with zero attached hydrogens (tertiary/aromatic N) is 3. The fraction of sp³-hybridized carbons (Fsp3) is 0.227. The molecule has 178 valence electrons. The van der Waals surface area contributed by atoms with Gasteiger partial charge in [0, 0.05) is 11.1 Å². The summed E-state index contributed by atoms with van der Waals surface area (Å²) in [4.78, 5) is 22.0. The van der Waals surface area contributed by atoms with Crippen molar-refractivity contribution in [2.24, 2.45) is 0 Å². The number of hydrogen-bond donors (Lipinski definition) is 5. The molecule has 4 rings (SSSR count). The average molecular weight is 475 g/mol. The molecule has 0 saturated heterocycles. The van der Waals surface area contributed by atoms with Crippen LogP contribution in [0.4, 0.5) is 35.4 Å². The number of anilines is 3. The van der Waals surface area contributed by atoms with Gasteiger partial charge >= 0.3 is 6.03 Å². The van der Waals surface area contributed by atoms with Crippen molar-refractivity contribution < 1.29 is 33.3 Å². The van der Waals surface area contributed by atoms with Crippen LogP contribution in [0.25, 0.3) is 11.3 Å². The van der Waals surface area contributed by atoms with Gasteiger partial charge in [0.2, 0.25) is 5.95 Å². The number of aryl methyl sites for hydroxylation is 1. The van der Waals surface area contributed by atoms with Crippen LogP contribution in [0, 0.1) is 24.4 Å². The van der Waals surface area contributed by atoms with Gasteiger partial charge < -0.3 is 26.0 Å². The highest BCUT2D eigenvalue weighted by Gasteiger charge is 2.34. The molecule has 1 aliphatic rings. The highest BCUT2D eigenvalue weighted by atomic mass is 19.1. The number of carbonyl (C=O) groups is 1. The van der Waals surface area contributed by atoms with Crippen LogP contribution in [-0.2, 0) is 6.54 Å². The van der Waals surface area contributed by atoms with Crippen molar-refractivity contribution in [1.82, 2.24) is 15.3 Å². The molecule has 0 aliphatic carbocycles. The molecule has 2 amide bonds. The molecule has 1 unspecified atom stereocenters. The molecule has 2 aromatic carbocycles. The Labute approximate surface area is 191 Å². The van der Waals surface area contributed by atoms with E-state index in [0.717, 1.165) is 18.2 Å². The molecule has 2 heterocycles. The molecule has 12 heteroatoms. The van der Waals surface area contributed by atoms with Gasteiger partial charge in [-0.2, -0.15) is 4.98 Å². The minimum Gasteiger partial charge on any atom is -0.394 e. The summed E-state index contributed by atoms with van der Waals surface area (Å²) in [5.41, 5.74) is 0.739. The van der Waals surface area contributed by atoms with Gasteiger partial charge in [-0.25, -0.2) is 27.8 Å². The molecule has 0 bridgehead atoms. The monoisotopic (exact) mass is 475 g/mol. The van der Waals surface area contributed by atoms with Gasteiger partial charge in [0.1, 0.15) is 29.2 Å².